The first-order chi connectivity index (χ1) is 6.49. The largest absolute Gasteiger partial charge is 0.0602 e. The van der Waals surface area contributed by atoms with Gasteiger partial charge in [0.15, 0.2) is 0 Å². The zero-order valence-corrected chi connectivity index (χ0v) is 10.2. The third kappa shape index (κ3) is 2.32. The summed E-state index contributed by atoms with van der Waals surface area (Å²) in [5.74, 6) is 1.06. The van der Waals surface area contributed by atoms with E-state index in [1.807, 2.05) is 0 Å². The van der Waals surface area contributed by atoms with Crippen molar-refractivity contribution < 1.29 is 0 Å². The molecule has 1 spiro atoms. The average molecular weight is 194 g/mol. The summed E-state index contributed by atoms with van der Waals surface area (Å²) in [5.41, 5.74) is 1.40. The molecule has 2 saturated carbocycles. The Hall–Kier alpha value is 0. The van der Waals surface area contributed by atoms with Crippen LogP contribution < -0.4 is 0 Å². The molecule has 2 aliphatic carbocycles. The van der Waals surface area contributed by atoms with Crippen molar-refractivity contribution in [1.29, 1.82) is 0 Å². The van der Waals surface area contributed by atoms with Crippen molar-refractivity contribution in [1.82, 2.24) is 0 Å². The quantitative estimate of drug-likeness (QED) is 0.563. The summed E-state index contributed by atoms with van der Waals surface area (Å²) in [7, 11) is 0. The second-order valence-electron chi connectivity index (χ2n) is 7.10. The molecule has 0 heterocycles. The second kappa shape index (κ2) is 3.54. The summed E-state index contributed by atoms with van der Waals surface area (Å²) in [5, 5.41) is 0. The van der Waals surface area contributed by atoms with E-state index in [1.54, 1.807) is 25.7 Å². The zero-order chi connectivity index (χ0) is 10.2. The molecule has 0 radical (unpaired) electrons. The summed E-state index contributed by atoms with van der Waals surface area (Å²) >= 11 is 0. The smallest absolute Gasteiger partial charge is 0.0292 e. The number of hydrogen-bond acceptors (Lipinski definition) is 0. The van der Waals surface area contributed by atoms with Crippen LogP contribution in [0.2, 0.25) is 0 Å². The third-order valence-corrected chi connectivity index (χ3v) is 4.26. The first kappa shape index (κ1) is 10.5. The number of rotatable bonds is 1. The fourth-order valence-electron chi connectivity index (χ4n) is 3.89. The fraction of sp³-hybridized carbons (Fsp3) is 1.00. The number of hydrogen-bond donors (Lipinski definition) is 0. The monoisotopic (exact) mass is 194 g/mol. The van der Waals surface area contributed by atoms with Gasteiger partial charge in [-0.25, -0.2) is 0 Å². The van der Waals surface area contributed by atoms with Gasteiger partial charge in [-0.1, -0.05) is 40.0 Å². The van der Waals surface area contributed by atoms with E-state index < -0.39 is 0 Å². The first-order valence-electron chi connectivity index (χ1n) is 6.49. The van der Waals surface area contributed by atoms with E-state index in [0.29, 0.717) is 5.41 Å². The van der Waals surface area contributed by atoms with E-state index in [9.17, 15) is 0 Å². The molecular weight excluding hydrogens is 168 g/mol. The van der Waals surface area contributed by atoms with Gasteiger partial charge >= 0.3 is 0 Å². The van der Waals surface area contributed by atoms with Crippen molar-refractivity contribution in [2.45, 2.75) is 72.1 Å². The summed E-state index contributed by atoms with van der Waals surface area (Å²) in [6.45, 7) is 7.16. The lowest BCUT2D eigenvalue weighted by Gasteiger charge is -2.52. The van der Waals surface area contributed by atoms with Gasteiger partial charge in [-0.05, 0) is 48.9 Å². The third-order valence-electron chi connectivity index (χ3n) is 4.26. The van der Waals surface area contributed by atoms with E-state index in [0.717, 1.165) is 11.3 Å². The molecule has 0 saturated heterocycles. The Balaban J connectivity index is 1.78. The van der Waals surface area contributed by atoms with Crippen molar-refractivity contribution in [2.75, 3.05) is 0 Å². The Kier molecular flexibility index (Phi) is 2.66. The van der Waals surface area contributed by atoms with Crippen molar-refractivity contribution in [3.05, 3.63) is 0 Å². The molecule has 0 atom stereocenters. The molecule has 0 amide bonds. The van der Waals surface area contributed by atoms with Crippen LogP contribution in [0.1, 0.15) is 72.1 Å². The summed E-state index contributed by atoms with van der Waals surface area (Å²) in [6.07, 6.45) is 12.2. The lowest BCUT2D eigenvalue weighted by Crippen LogP contribution is -2.40. The maximum atomic E-state index is 2.39. The lowest BCUT2D eigenvalue weighted by atomic mass is 9.54. The fourth-order valence-corrected chi connectivity index (χ4v) is 3.89. The van der Waals surface area contributed by atoms with Gasteiger partial charge in [-0.2, -0.15) is 0 Å². The van der Waals surface area contributed by atoms with Gasteiger partial charge in [0.2, 0.25) is 0 Å². The molecule has 2 fully saturated rings. The molecule has 0 nitrogen and oxygen atoms in total. The molecule has 0 aromatic heterocycles. The van der Waals surface area contributed by atoms with Crippen LogP contribution in [0.25, 0.3) is 0 Å². The van der Waals surface area contributed by atoms with Gasteiger partial charge < -0.3 is 0 Å². The van der Waals surface area contributed by atoms with Crippen LogP contribution >= 0.6 is 0 Å². The van der Waals surface area contributed by atoms with Gasteiger partial charge in [0.05, 0.1) is 0 Å². The van der Waals surface area contributed by atoms with E-state index in [-0.39, 0.29) is 0 Å². The molecule has 2 aliphatic rings. The van der Waals surface area contributed by atoms with E-state index in [4.69, 9.17) is 0 Å². The Morgan fingerprint density at radius 1 is 1.00 bits per heavy atom. The maximum absolute atomic E-state index is 2.39. The predicted octanol–water partition coefficient (Wildman–Crippen LogP) is 4.78. The summed E-state index contributed by atoms with van der Waals surface area (Å²) < 4.78 is 0. The van der Waals surface area contributed by atoms with Gasteiger partial charge in [0.25, 0.3) is 0 Å². The normalized spacial score (nSPS) is 27.6. The standard InChI is InChI=1S/C14H26/c1-13(2,3)9-12-10-14(11-12)7-5-4-6-8-14/h12H,4-11H2,1-3H3. The van der Waals surface area contributed by atoms with E-state index in [1.165, 1.54) is 25.7 Å². The Bertz CT molecular complexity index is 183. The van der Waals surface area contributed by atoms with Gasteiger partial charge in [-0.15, -0.1) is 0 Å². The summed E-state index contributed by atoms with van der Waals surface area (Å²) in [6, 6.07) is 0. The molecule has 0 unspecified atom stereocenters. The Morgan fingerprint density at radius 3 is 2.07 bits per heavy atom. The second-order valence-corrected chi connectivity index (χ2v) is 7.10. The average Bonchev–Trinajstić information content (AvgIpc) is 2.00. The molecule has 0 N–H and O–H groups in total. The highest BCUT2D eigenvalue weighted by atomic mass is 14.5. The van der Waals surface area contributed by atoms with E-state index >= 15 is 0 Å². The minimum atomic E-state index is 0.556. The molecule has 0 bridgehead atoms. The molecule has 0 heteroatoms. The van der Waals surface area contributed by atoms with Gasteiger partial charge in [0, 0.05) is 0 Å². The van der Waals surface area contributed by atoms with Crippen LogP contribution in [0.4, 0.5) is 0 Å². The van der Waals surface area contributed by atoms with Crippen LogP contribution in [0, 0.1) is 16.7 Å². The topological polar surface area (TPSA) is 0 Å². The summed E-state index contributed by atoms with van der Waals surface area (Å²) in [4.78, 5) is 0. The van der Waals surface area contributed by atoms with Crippen LogP contribution in [0.15, 0.2) is 0 Å². The SMILES string of the molecule is CC(C)(C)CC1CC2(CCCCC2)C1. The highest BCUT2D eigenvalue weighted by Gasteiger charge is 2.44. The van der Waals surface area contributed by atoms with Crippen LogP contribution in [0.5, 0.6) is 0 Å². The highest BCUT2D eigenvalue weighted by Crippen LogP contribution is 2.57. The maximum Gasteiger partial charge on any atom is -0.0292 e. The first-order valence-corrected chi connectivity index (χ1v) is 6.49. The highest BCUT2D eigenvalue weighted by molar-refractivity contribution is 4.96. The minimum absolute atomic E-state index is 0.556. The molecular formula is C14H26. The van der Waals surface area contributed by atoms with E-state index in [2.05, 4.69) is 20.8 Å². The molecule has 82 valence electrons. The zero-order valence-electron chi connectivity index (χ0n) is 10.2. The molecule has 14 heavy (non-hydrogen) atoms. The van der Waals surface area contributed by atoms with Crippen LogP contribution in [-0.4, -0.2) is 0 Å². The van der Waals surface area contributed by atoms with Gasteiger partial charge in [0.1, 0.15) is 0 Å². The van der Waals surface area contributed by atoms with Crippen LogP contribution in [-0.2, 0) is 0 Å². The van der Waals surface area contributed by atoms with Crippen molar-refractivity contribution in [2.24, 2.45) is 16.7 Å². The molecule has 0 aromatic carbocycles. The van der Waals surface area contributed by atoms with Crippen molar-refractivity contribution >= 4 is 0 Å². The van der Waals surface area contributed by atoms with Crippen molar-refractivity contribution in [3.8, 4) is 0 Å². The predicted molar refractivity (Wildman–Crippen MR) is 62.3 cm³/mol. The molecule has 0 aromatic rings. The van der Waals surface area contributed by atoms with Crippen molar-refractivity contribution in [3.63, 3.8) is 0 Å². The molecule has 2 rings (SSSR count). The Labute approximate surface area is 89.5 Å². The van der Waals surface area contributed by atoms with Crippen LogP contribution in [0.3, 0.4) is 0 Å². The Morgan fingerprint density at radius 2 is 1.57 bits per heavy atom. The van der Waals surface area contributed by atoms with Gasteiger partial charge in [-0.3, -0.25) is 0 Å². The minimum Gasteiger partial charge on any atom is -0.0602 e. The molecule has 0 aliphatic heterocycles. The lowest BCUT2D eigenvalue weighted by molar-refractivity contribution is -0.00416.